The molecule has 21 heavy (non-hydrogen) atoms. The molecule has 0 radical (unpaired) electrons. The zero-order valence-corrected chi connectivity index (χ0v) is 15.8. The molecule has 1 aromatic carbocycles. The van der Waals surface area contributed by atoms with Crippen molar-refractivity contribution in [2.45, 2.75) is 18.9 Å². The van der Waals surface area contributed by atoms with E-state index < -0.39 is 0 Å². The van der Waals surface area contributed by atoms with Gasteiger partial charge in [0.05, 0.1) is 17.3 Å². The molecule has 0 N–H and O–H groups in total. The fraction of sp³-hybridized carbons (Fsp3) is 0.357. The van der Waals surface area contributed by atoms with Crippen molar-refractivity contribution in [1.29, 1.82) is 0 Å². The van der Waals surface area contributed by atoms with Crippen LogP contribution in [0.1, 0.15) is 16.8 Å². The number of rotatable bonds is 5. The lowest BCUT2D eigenvalue weighted by Crippen LogP contribution is -2.00. The quantitative estimate of drug-likeness (QED) is 0.639. The highest BCUT2D eigenvalue weighted by molar-refractivity contribution is 9.10. The number of benzene rings is 1. The summed E-state index contributed by atoms with van der Waals surface area (Å²) < 4.78 is 13.8. The Kier molecular flexibility index (Phi) is 5.57. The summed E-state index contributed by atoms with van der Waals surface area (Å²) in [5, 5.41) is 5.60. The molecule has 1 aromatic heterocycles. The van der Waals surface area contributed by atoms with E-state index in [2.05, 4.69) is 37.0 Å². The molecule has 4 nitrogen and oxygen atoms in total. The number of aryl methyl sites for hydroxylation is 2. The van der Waals surface area contributed by atoms with Crippen molar-refractivity contribution in [1.82, 2.24) is 9.78 Å². The SMILES string of the molecule is COc1cc(CBr)cc(Br)c1OCc1c(C)nn(C)c1Cl. The molecular weight excluding hydrogens is 423 g/mol. The summed E-state index contributed by atoms with van der Waals surface area (Å²) in [5.41, 5.74) is 2.83. The van der Waals surface area contributed by atoms with Crippen LogP contribution in [0.25, 0.3) is 0 Å². The molecule has 0 aliphatic rings. The van der Waals surface area contributed by atoms with Crippen LogP contribution in [0, 0.1) is 6.92 Å². The maximum absolute atomic E-state index is 6.21. The van der Waals surface area contributed by atoms with Gasteiger partial charge in [-0.05, 0) is 40.5 Å². The van der Waals surface area contributed by atoms with Gasteiger partial charge in [-0.3, -0.25) is 4.68 Å². The number of nitrogens with zero attached hydrogens (tertiary/aromatic N) is 2. The lowest BCUT2D eigenvalue weighted by atomic mass is 10.2. The van der Waals surface area contributed by atoms with Crippen molar-refractivity contribution in [3.05, 3.63) is 38.6 Å². The minimum absolute atomic E-state index is 0.334. The molecule has 0 unspecified atom stereocenters. The molecule has 0 saturated carbocycles. The van der Waals surface area contributed by atoms with Crippen LogP contribution in [0.15, 0.2) is 16.6 Å². The monoisotopic (exact) mass is 436 g/mol. The second-order valence-electron chi connectivity index (χ2n) is 4.51. The van der Waals surface area contributed by atoms with Crippen molar-refractivity contribution in [2.24, 2.45) is 7.05 Å². The van der Waals surface area contributed by atoms with Gasteiger partial charge in [0.1, 0.15) is 11.8 Å². The van der Waals surface area contributed by atoms with Gasteiger partial charge in [0, 0.05) is 17.9 Å². The molecule has 7 heteroatoms. The van der Waals surface area contributed by atoms with Gasteiger partial charge >= 0.3 is 0 Å². The number of methoxy groups -OCH3 is 1. The number of hydrogen-bond acceptors (Lipinski definition) is 3. The Morgan fingerprint density at radius 1 is 1.38 bits per heavy atom. The fourth-order valence-electron chi connectivity index (χ4n) is 1.97. The molecule has 0 spiro atoms. The number of hydrogen-bond donors (Lipinski definition) is 0. The van der Waals surface area contributed by atoms with Crippen molar-refractivity contribution < 1.29 is 9.47 Å². The number of alkyl halides is 1. The molecule has 0 bridgehead atoms. The van der Waals surface area contributed by atoms with Crippen LogP contribution >= 0.6 is 43.5 Å². The van der Waals surface area contributed by atoms with Gasteiger partial charge in [0.15, 0.2) is 11.5 Å². The molecule has 0 saturated heterocycles. The Morgan fingerprint density at radius 3 is 2.62 bits per heavy atom. The summed E-state index contributed by atoms with van der Waals surface area (Å²) in [7, 11) is 3.43. The van der Waals surface area contributed by atoms with Crippen LogP contribution in [-0.4, -0.2) is 16.9 Å². The third kappa shape index (κ3) is 3.55. The van der Waals surface area contributed by atoms with E-state index in [4.69, 9.17) is 21.1 Å². The van der Waals surface area contributed by atoms with Gasteiger partial charge < -0.3 is 9.47 Å². The molecule has 0 atom stereocenters. The number of halogens is 3. The zero-order valence-electron chi connectivity index (χ0n) is 11.9. The molecule has 0 fully saturated rings. The molecule has 1 heterocycles. The first-order chi connectivity index (χ1) is 9.97. The van der Waals surface area contributed by atoms with Crippen molar-refractivity contribution in [3.63, 3.8) is 0 Å². The Morgan fingerprint density at radius 2 is 2.10 bits per heavy atom. The first-order valence-corrected chi connectivity index (χ1v) is 8.50. The lowest BCUT2D eigenvalue weighted by Gasteiger charge is -2.14. The third-order valence-corrected chi connectivity index (χ3v) is 4.78. The van der Waals surface area contributed by atoms with E-state index >= 15 is 0 Å². The van der Waals surface area contributed by atoms with E-state index in [9.17, 15) is 0 Å². The first-order valence-electron chi connectivity index (χ1n) is 6.21. The minimum Gasteiger partial charge on any atom is -0.493 e. The van der Waals surface area contributed by atoms with E-state index in [-0.39, 0.29) is 0 Å². The van der Waals surface area contributed by atoms with Crippen molar-refractivity contribution >= 4 is 43.5 Å². The summed E-state index contributed by atoms with van der Waals surface area (Å²) >= 11 is 13.2. The summed E-state index contributed by atoms with van der Waals surface area (Å²) in [4.78, 5) is 0. The first kappa shape index (κ1) is 16.6. The standard InChI is InChI=1S/C14H15Br2ClN2O2/c1-8-10(14(17)19(2)18-8)7-21-13-11(16)4-9(6-15)5-12(13)20-3/h4-5H,6-7H2,1-3H3. The average molecular weight is 439 g/mol. The van der Waals surface area contributed by atoms with Crippen LogP contribution in [0.3, 0.4) is 0 Å². The summed E-state index contributed by atoms with van der Waals surface area (Å²) in [6, 6.07) is 3.93. The second kappa shape index (κ2) is 7.03. The minimum atomic E-state index is 0.334. The smallest absolute Gasteiger partial charge is 0.175 e. The van der Waals surface area contributed by atoms with Crippen LogP contribution in [-0.2, 0) is 19.0 Å². The van der Waals surface area contributed by atoms with Gasteiger partial charge in [0.25, 0.3) is 0 Å². The second-order valence-corrected chi connectivity index (χ2v) is 6.28. The van der Waals surface area contributed by atoms with Gasteiger partial charge in [-0.15, -0.1) is 0 Å². The van der Waals surface area contributed by atoms with E-state index in [0.29, 0.717) is 23.3 Å². The highest BCUT2D eigenvalue weighted by atomic mass is 79.9. The number of ether oxygens (including phenoxy) is 2. The maximum atomic E-state index is 6.21. The van der Waals surface area contributed by atoms with Gasteiger partial charge in [-0.2, -0.15) is 5.10 Å². The third-order valence-electron chi connectivity index (χ3n) is 3.07. The molecular formula is C14H15Br2ClN2O2. The molecule has 0 aliphatic carbocycles. The molecule has 114 valence electrons. The van der Waals surface area contributed by atoms with Crippen LogP contribution in [0.5, 0.6) is 11.5 Å². The summed E-state index contributed by atoms with van der Waals surface area (Å²) in [6.07, 6.45) is 0. The molecule has 0 amide bonds. The van der Waals surface area contributed by atoms with Crippen molar-refractivity contribution in [3.8, 4) is 11.5 Å². The predicted octanol–water partition coefficient (Wildman–Crippen LogP) is 4.63. The number of aromatic nitrogens is 2. The highest BCUT2D eigenvalue weighted by Gasteiger charge is 2.15. The fourth-order valence-corrected chi connectivity index (χ4v) is 3.13. The predicted molar refractivity (Wildman–Crippen MR) is 90.6 cm³/mol. The molecule has 2 rings (SSSR count). The zero-order chi connectivity index (χ0) is 15.6. The van der Waals surface area contributed by atoms with E-state index in [1.54, 1.807) is 18.8 Å². The van der Waals surface area contributed by atoms with E-state index in [1.165, 1.54) is 0 Å². The largest absolute Gasteiger partial charge is 0.493 e. The summed E-state index contributed by atoms with van der Waals surface area (Å²) in [6.45, 7) is 2.24. The highest BCUT2D eigenvalue weighted by Crippen LogP contribution is 2.38. The Labute approximate surface area is 145 Å². The molecule has 2 aromatic rings. The Hall–Kier alpha value is -0.720. The van der Waals surface area contributed by atoms with Gasteiger partial charge in [-0.25, -0.2) is 0 Å². The lowest BCUT2D eigenvalue weighted by molar-refractivity contribution is 0.282. The van der Waals surface area contributed by atoms with Crippen LogP contribution in [0.4, 0.5) is 0 Å². The van der Waals surface area contributed by atoms with E-state index in [0.717, 1.165) is 26.6 Å². The van der Waals surface area contributed by atoms with Gasteiger partial charge in [-0.1, -0.05) is 27.5 Å². The summed E-state index contributed by atoms with van der Waals surface area (Å²) in [5.74, 6) is 1.33. The Bertz CT molecular complexity index is 659. The van der Waals surface area contributed by atoms with Gasteiger partial charge in [0.2, 0.25) is 0 Å². The molecule has 0 aliphatic heterocycles. The van der Waals surface area contributed by atoms with Crippen LogP contribution in [0.2, 0.25) is 5.15 Å². The average Bonchev–Trinajstić information content (AvgIpc) is 2.70. The van der Waals surface area contributed by atoms with Crippen molar-refractivity contribution in [2.75, 3.05) is 7.11 Å². The topological polar surface area (TPSA) is 36.3 Å². The maximum Gasteiger partial charge on any atom is 0.175 e. The van der Waals surface area contributed by atoms with Crippen LogP contribution < -0.4 is 9.47 Å². The Balaban J connectivity index is 2.27. The van der Waals surface area contributed by atoms with E-state index in [1.807, 2.05) is 19.1 Å². The normalized spacial score (nSPS) is 10.8.